The zero-order valence-corrected chi connectivity index (χ0v) is 18.7. The number of aromatic nitrogens is 2. The van der Waals surface area contributed by atoms with Gasteiger partial charge in [-0.1, -0.05) is 44.2 Å². The van der Waals surface area contributed by atoms with Gasteiger partial charge in [0.05, 0.1) is 17.6 Å². The summed E-state index contributed by atoms with van der Waals surface area (Å²) in [5.41, 5.74) is 0.712. The molecule has 0 bridgehead atoms. The van der Waals surface area contributed by atoms with Crippen molar-refractivity contribution in [2.45, 2.75) is 76.4 Å². The average molecular weight is 427 g/mol. The quantitative estimate of drug-likeness (QED) is 0.717. The third-order valence-corrected chi connectivity index (χ3v) is 6.81. The standard InChI is InChI=1S/C24H34N4O3/c1-24(23(30)25-18-11-6-4-3-5-7-12-18)17-27-20-14-9-8-13-19(20)26-21(27)22(29)28(24)15-10-16-31-2/h8-9,13-14,18H,3-7,10-12,15-17H2,1-2H3,(H,25,30)/t24-/m0/s1. The number of rotatable bonds is 6. The minimum atomic E-state index is -0.969. The highest BCUT2D eigenvalue weighted by molar-refractivity contribution is 6.01. The molecule has 1 aromatic heterocycles. The molecule has 0 saturated heterocycles. The summed E-state index contributed by atoms with van der Waals surface area (Å²) in [7, 11) is 1.65. The van der Waals surface area contributed by atoms with Crippen LogP contribution in [-0.2, 0) is 16.1 Å². The van der Waals surface area contributed by atoms with Crippen LogP contribution in [0.3, 0.4) is 0 Å². The molecule has 2 aromatic rings. The number of hydrogen-bond acceptors (Lipinski definition) is 4. The minimum absolute atomic E-state index is 0.0627. The molecule has 1 saturated carbocycles. The van der Waals surface area contributed by atoms with Gasteiger partial charge in [0.1, 0.15) is 5.54 Å². The third kappa shape index (κ3) is 4.33. The van der Waals surface area contributed by atoms with Crippen molar-refractivity contribution in [3.63, 3.8) is 0 Å². The molecule has 0 spiro atoms. The number of para-hydroxylation sites is 2. The van der Waals surface area contributed by atoms with Gasteiger partial charge in [-0.2, -0.15) is 0 Å². The van der Waals surface area contributed by atoms with E-state index in [0.717, 1.165) is 36.7 Å². The summed E-state index contributed by atoms with van der Waals surface area (Å²) >= 11 is 0. The Morgan fingerprint density at radius 1 is 1.19 bits per heavy atom. The van der Waals surface area contributed by atoms with Crippen LogP contribution in [0.5, 0.6) is 0 Å². The summed E-state index contributed by atoms with van der Waals surface area (Å²) in [5, 5.41) is 3.31. The summed E-state index contributed by atoms with van der Waals surface area (Å²) in [6.45, 7) is 3.30. The maximum Gasteiger partial charge on any atom is 0.290 e. The summed E-state index contributed by atoms with van der Waals surface area (Å²) in [6, 6.07) is 7.92. The fraction of sp³-hybridized carbons (Fsp3) is 0.625. The Bertz CT molecular complexity index is 932. The van der Waals surface area contributed by atoms with Crippen LogP contribution < -0.4 is 5.32 Å². The SMILES string of the molecule is COCCCN1C(=O)c2nc3ccccc3n2C[C@@]1(C)C(=O)NC1CCCCCCC1. The number of ether oxygens (including phenoxy) is 1. The first-order valence-electron chi connectivity index (χ1n) is 11.6. The number of carbonyl (C=O) groups excluding carboxylic acids is 2. The smallest absolute Gasteiger partial charge is 0.290 e. The van der Waals surface area contributed by atoms with Crippen LogP contribution in [0, 0.1) is 0 Å². The number of fused-ring (bicyclic) bond motifs is 3. The van der Waals surface area contributed by atoms with E-state index in [1.54, 1.807) is 12.0 Å². The van der Waals surface area contributed by atoms with Gasteiger partial charge in [-0.3, -0.25) is 9.59 Å². The zero-order valence-electron chi connectivity index (χ0n) is 18.7. The largest absolute Gasteiger partial charge is 0.385 e. The van der Waals surface area contributed by atoms with E-state index >= 15 is 0 Å². The van der Waals surface area contributed by atoms with E-state index < -0.39 is 5.54 Å². The molecule has 168 valence electrons. The van der Waals surface area contributed by atoms with Crippen LogP contribution in [0.25, 0.3) is 11.0 Å². The number of amides is 2. The van der Waals surface area contributed by atoms with Crippen molar-refractivity contribution in [3.05, 3.63) is 30.1 Å². The third-order valence-electron chi connectivity index (χ3n) is 6.81. The summed E-state index contributed by atoms with van der Waals surface area (Å²) in [5.74, 6) is 0.163. The molecule has 4 rings (SSSR count). The number of carbonyl (C=O) groups is 2. The summed E-state index contributed by atoms with van der Waals surface area (Å²) in [6.07, 6.45) is 8.75. The van der Waals surface area contributed by atoms with Crippen LogP contribution in [0.2, 0.25) is 0 Å². The van der Waals surface area contributed by atoms with Crippen molar-refractivity contribution in [3.8, 4) is 0 Å². The van der Waals surface area contributed by atoms with Crippen LogP contribution in [-0.4, -0.2) is 58.1 Å². The van der Waals surface area contributed by atoms with Gasteiger partial charge < -0.3 is 19.5 Å². The zero-order chi connectivity index (χ0) is 21.8. The summed E-state index contributed by atoms with van der Waals surface area (Å²) < 4.78 is 7.12. The fourth-order valence-corrected chi connectivity index (χ4v) is 4.99. The van der Waals surface area contributed by atoms with Crippen LogP contribution in [0.15, 0.2) is 24.3 Å². The Kier molecular flexibility index (Phi) is 6.60. The first kappa shape index (κ1) is 21.8. The lowest BCUT2D eigenvalue weighted by Gasteiger charge is -2.44. The second-order valence-corrected chi connectivity index (χ2v) is 9.10. The van der Waals surface area contributed by atoms with Gasteiger partial charge in [-0.15, -0.1) is 0 Å². The maximum absolute atomic E-state index is 13.7. The lowest BCUT2D eigenvalue weighted by molar-refractivity contribution is -0.133. The predicted molar refractivity (Wildman–Crippen MR) is 120 cm³/mol. The molecular formula is C24H34N4O3. The molecular weight excluding hydrogens is 392 g/mol. The number of nitrogens with zero attached hydrogens (tertiary/aromatic N) is 3. The van der Waals surface area contributed by atoms with Gasteiger partial charge in [0, 0.05) is 26.3 Å². The summed E-state index contributed by atoms with van der Waals surface area (Å²) in [4.78, 5) is 33.5. The maximum atomic E-state index is 13.7. The van der Waals surface area contributed by atoms with Crippen LogP contribution in [0.1, 0.15) is 68.9 Å². The van der Waals surface area contributed by atoms with Gasteiger partial charge in [0.25, 0.3) is 5.91 Å². The van der Waals surface area contributed by atoms with Crippen LogP contribution >= 0.6 is 0 Å². The van der Waals surface area contributed by atoms with E-state index in [4.69, 9.17) is 4.74 Å². The molecule has 2 aliphatic rings. The first-order valence-corrected chi connectivity index (χ1v) is 11.6. The molecule has 1 aromatic carbocycles. The predicted octanol–water partition coefficient (Wildman–Crippen LogP) is 3.52. The van der Waals surface area contributed by atoms with Crippen LogP contribution in [0.4, 0.5) is 0 Å². The first-order chi connectivity index (χ1) is 15.0. The Labute approximate surface area is 184 Å². The van der Waals surface area contributed by atoms with E-state index in [2.05, 4.69) is 10.3 Å². The molecule has 1 fully saturated rings. The second kappa shape index (κ2) is 9.39. The topological polar surface area (TPSA) is 76.5 Å². The number of benzene rings is 1. The molecule has 1 aliphatic carbocycles. The van der Waals surface area contributed by atoms with Crippen molar-refractivity contribution < 1.29 is 14.3 Å². The molecule has 7 nitrogen and oxygen atoms in total. The van der Waals surface area contributed by atoms with Crippen molar-refractivity contribution in [1.82, 2.24) is 19.8 Å². The van der Waals surface area contributed by atoms with Crippen molar-refractivity contribution in [2.75, 3.05) is 20.3 Å². The fourth-order valence-electron chi connectivity index (χ4n) is 4.99. The minimum Gasteiger partial charge on any atom is -0.385 e. The lowest BCUT2D eigenvalue weighted by Crippen LogP contribution is -2.65. The molecule has 0 radical (unpaired) electrons. The van der Waals surface area contributed by atoms with E-state index in [-0.39, 0.29) is 17.9 Å². The highest BCUT2D eigenvalue weighted by Crippen LogP contribution is 2.31. The Morgan fingerprint density at radius 3 is 2.65 bits per heavy atom. The van der Waals surface area contributed by atoms with Crippen molar-refractivity contribution in [1.29, 1.82) is 0 Å². The normalized spacial score (nSPS) is 22.8. The molecule has 0 unspecified atom stereocenters. The highest BCUT2D eigenvalue weighted by Gasteiger charge is 2.48. The van der Waals surface area contributed by atoms with E-state index in [1.165, 1.54) is 19.3 Å². The molecule has 1 N–H and O–H groups in total. The number of hydrogen-bond donors (Lipinski definition) is 1. The molecule has 2 heterocycles. The van der Waals surface area contributed by atoms with E-state index in [9.17, 15) is 9.59 Å². The number of nitrogens with one attached hydrogen (secondary N) is 1. The molecule has 1 aliphatic heterocycles. The molecule has 2 amide bonds. The van der Waals surface area contributed by atoms with Crippen molar-refractivity contribution >= 4 is 22.8 Å². The van der Waals surface area contributed by atoms with E-state index in [0.29, 0.717) is 31.9 Å². The van der Waals surface area contributed by atoms with Crippen molar-refractivity contribution in [2.24, 2.45) is 0 Å². The lowest BCUT2D eigenvalue weighted by atomic mass is 9.92. The number of methoxy groups -OCH3 is 1. The number of imidazole rings is 1. The van der Waals surface area contributed by atoms with Gasteiger partial charge in [0.15, 0.2) is 5.82 Å². The van der Waals surface area contributed by atoms with Gasteiger partial charge in [-0.25, -0.2) is 4.98 Å². The molecule has 7 heteroatoms. The highest BCUT2D eigenvalue weighted by atomic mass is 16.5. The Morgan fingerprint density at radius 2 is 1.90 bits per heavy atom. The van der Waals surface area contributed by atoms with E-state index in [1.807, 2.05) is 35.8 Å². The van der Waals surface area contributed by atoms with Gasteiger partial charge >= 0.3 is 0 Å². The Hall–Kier alpha value is -2.41. The second-order valence-electron chi connectivity index (χ2n) is 9.10. The molecule has 1 atom stereocenters. The average Bonchev–Trinajstić information content (AvgIpc) is 3.11. The van der Waals surface area contributed by atoms with Gasteiger partial charge in [-0.05, 0) is 38.3 Å². The monoisotopic (exact) mass is 426 g/mol. The van der Waals surface area contributed by atoms with Gasteiger partial charge in [0.2, 0.25) is 5.91 Å². The Balaban J connectivity index is 1.64. The molecule has 31 heavy (non-hydrogen) atoms.